The molecule has 1 N–H and O–H groups in total. The van der Waals surface area contributed by atoms with E-state index in [1.54, 1.807) is 24.3 Å². The van der Waals surface area contributed by atoms with Crippen molar-refractivity contribution in [3.8, 4) is 0 Å². The third-order valence-corrected chi connectivity index (χ3v) is 6.36. The van der Waals surface area contributed by atoms with Gasteiger partial charge in [-0.05, 0) is 44.2 Å². The molecule has 7 nitrogen and oxygen atoms in total. The van der Waals surface area contributed by atoms with Gasteiger partial charge < -0.3 is 15.0 Å². The summed E-state index contributed by atoms with van der Waals surface area (Å²) < 4.78 is 32.1. The number of amides is 1. The van der Waals surface area contributed by atoms with Gasteiger partial charge >= 0.3 is 0 Å². The van der Waals surface area contributed by atoms with E-state index in [0.717, 1.165) is 25.9 Å². The molecule has 0 bridgehead atoms. The van der Waals surface area contributed by atoms with Crippen molar-refractivity contribution in [1.29, 1.82) is 0 Å². The molecule has 24 heavy (non-hydrogen) atoms. The number of rotatable bonds is 4. The van der Waals surface area contributed by atoms with Gasteiger partial charge in [-0.25, -0.2) is 8.42 Å². The van der Waals surface area contributed by atoms with Crippen LogP contribution in [0.25, 0.3) is 0 Å². The van der Waals surface area contributed by atoms with Crippen LogP contribution in [0.15, 0.2) is 29.2 Å². The number of hydrogen-bond donors (Lipinski definition) is 1. The highest BCUT2D eigenvalue weighted by Crippen LogP contribution is 2.20. The summed E-state index contributed by atoms with van der Waals surface area (Å²) in [6, 6.07) is 6.32. The van der Waals surface area contributed by atoms with E-state index < -0.39 is 16.1 Å². The quantitative estimate of drug-likeness (QED) is 0.864. The van der Waals surface area contributed by atoms with Gasteiger partial charge in [0.1, 0.15) is 6.10 Å². The largest absolute Gasteiger partial charge is 0.368 e. The normalized spacial score (nSPS) is 23.3. The Morgan fingerprint density at radius 2 is 1.83 bits per heavy atom. The van der Waals surface area contributed by atoms with Crippen LogP contribution in [0.3, 0.4) is 0 Å². The fourth-order valence-corrected chi connectivity index (χ4v) is 4.32. The smallest absolute Gasteiger partial charge is 0.253 e. The van der Waals surface area contributed by atoms with Gasteiger partial charge in [-0.1, -0.05) is 0 Å². The zero-order valence-electron chi connectivity index (χ0n) is 13.8. The second-order valence-electron chi connectivity index (χ2n) is 6.22. The summed E-state index contributed by atoms with van der Waals surface area (Å²) in [5.74, 6) is -0.179. The molecule has 3 rings (SSSR count). The number of anilines is 1. The second kappa shape index (κ2) is 7.18. The molecule has 1 aromatic carbocycles. The number of nitrogens with one attached hydrogen (secondary N) is 1. The van der Waals surface area contributed by atoms with Crippen molar-refractivity contribution in [1.82, 2.24) is 9.21 Å². The molecule has 1 atom stereocenters. The fourth-order valence-electron chi connectivity index (χ4n) is 2.89. The second-order valence-corrected chi connectivity index (χ2v) is 8.16. The van der Waals surface area contributed by atoms with Crippen LogP contribution in [0.4, 0.5) is 5.69 Å². The van der Waals surface area contributed by atoms with Gasteiger partial charge in [-0.2, -0.15) is 4.31 Å². The van der Waals surface area contributed by atoms with Crippen molar-refractivity contribution in [2.75, 3.05) is 45.2 Å². The van der Waals surface area contributed by atoms with Crippen LogP contribution >= 0.6 is 0 Å². The summed E-state index contributed by atoms with van der Waals surface area (Å²) in [7, 11) is -1.50. The average molecular weight is 353 g/mol. The highest BCUT2D eigenvalue weighted by molar-refractivity contribution is 7.89. The number of carbonyl (C=O) groups is 1. The maximum Gasteiger partial charge on any atom is 0.253 e. The predicted octanol–water partition coefficient (Wildman–Crippen LogP) is 0.740. The highest BCUT2D eigenvalue weighted by Gasteiger charge is 2.27. The summed E-state index contributed by atoms with van der Waals surface area (Å²) in [4.78, 5) is 14.4. The Kier molecular flexibility index (Phi) is 5.19. The molecule has 2 aliphatic heterocycles. The van der Waals surface area contributed by atoms with E-state index in [2.05, 4.69) is 10.2 Å². The van der Waals surface area contributed by atoms with Crippen LogP contribution in [0.2, 0.25) is 0 Å². The number of ether oxygens (including phenoxy) is 1. The van der Waals surface area contributed by atoms with Gasteiger partial charge in [0.15, 0.2) is 0 Å². The molecular weight excluding hydrogens is 330 g/mol. The Labute approximate surface area is 142 Å². The van der Waals surface area contributed by atoms with Gasteiger partial charge in [0.05, 0.1) is 4.90 Å². The first-order valence-corrected chi connectivity index (χ1v) is 9.62. The van der Waals surface area contributed by atoms with E-state index in [0.29, 0.717) is 25.4 Å². The van der Waals surface area contributed by atoms with E-state index >= 15 is 0 Å². The predicted molar refractivity (Wildman–Crippen MR) is 90.3 cm³/mol. The number of hydrogen-bond acceptors (Lipinski definition) is 5. The zero-order valence-corrected chi connectivity index (χ0v) is 14.6. The minimum absolute atomic E-state index is 0.179. The van der Waals surface area contributed by atoms with Gasteiger partial charge in [0.2, 0.25) is 10.0 Å². The van der Waals surface area contributed by atoms with Crippen molar-refractivity contribution < 1.29 is 17.9 Å². The Morgan fingerprint density at radius 1 is 1.17 bits per heavy atom. The topological polar surface area (TPSA) is 79.0 Å². The number of nitrogens with zero attached hydrogens (tertiary/aromatic N) is 2. The Balaban J connectivity index is 1.66. The minimum Gasteiger partial charge on any atom is -0.368 e. The fraction of sp³-hybridized carbons (Fsp3) is 0.562. The van der Waals surface area contributed by atoms with E-state index in [9.17, 15) is 13.2 Å². The summed E-state index contributed by atoms with van der Waals surface area (Å²) in [6.07, 6.45) is 1.21. The van der Waals surface area contributed by atoms with Crippen molar-refractivity contribution in [3.63, 3.8) is 0 Å². The van der Waals surface area contributed by atoms with Crippen molar-refractivity contribution in [2.24, 2.45) is 0 Å². The molecule has 2 heterocycles. The van der Waals surface area contributed by atoms with Gasteiger partial charge in [0, 0.05) is 38.5 Å². The molecule has 0 spiro atoms. The molecule has 132 valence electrons. The maximum absolute atomic E-state index is 12.6. The summed E-state index contributed by atoms with van der Waals surface area (Å²) in [5.41, 5.74) is 0.577. The molecule has 2 saturated heterocycles. The highest BCUT2D eigenvalue weighted by atomic mass is 32.2. The van der Waals surface area contributed by atoms with Crippen LogP contribution in [-0.2, 0) is 19.6 Å². The minimum atomic E-state index is -3.48. The summed E-state index contributed by atoms with van der Waals surface area (Å²) >= 11 is 0. The van der Waals surface area contributed by atoms with E-state index in [1.165, 1.54) is 4.31 Å². The lowest BCUT2D eigenvalue weighted by Gasteiger charge is -2.31. The molecule has 0 aliphatic carbocycles. The Bertz CT molecular complexity index is 676. The summed E-state index contributed by atoms with van der Waals surface area (Å²) in [6.45, 7) is 3.07. The molecule has 8 heteroatoms. The van der Waals surface area contributed by atoms with Crippen molar-refractivity contribution in [2.45, 2.75) is 23.8 Å². The lowest BCUT2D eigenvalue weighted by atomic mass is 10.2. The number of likely N-dealkylation sites (N-methyl/N-ethyl adjacent to an activating group) is 1. The first-order chi connectivity index (χ1) is 11.5. The van der Waals surface area contributed by atoms with Crippen LogP contribution in [-0.4, -0.2) is 69.5 Å². The monoisotopic (exact) mass is 353 g/mol. The lowest BCUT2D eigenvalue weighted by Crippen LogP contribution is -2.46. The molecule has 1 amide bonds. The van der Waals surface area contributed by atoms with Crippen LogP contribution in [0.1, 0.15) is 12.8 Å². The molecule has 1 aromatic rings. The molecular formula is C16H23N3O4S. The van der Waals surface area contributed by atoms with E-state index in [4.69, 9.17) is 4.74 Å². The third kappa shape index (κ3) is 3.77. The number of piperazine rings is 1. The van der Waals surface area contributed by atoms with Crippen LogP contribution in [0, 0.1) is 0 Å². The first-order valence-electron chi connectivity index (χ1n) is 8.18. The van der Waals surface area contributed by atoms with E-state index in [-0.39, 0.29) is 10.8 Å². The first kappa shape index (κ1) is 17.3. The molecule has 0 saturated carbocycles. The maximum atomic E-state index is 12.6. The molecule has 0 radical (unpaired) electrons. The van der Waals surface area contributed by atoms with Crippen molar-refractivity contribution in [3.05, 3.63) is 24.3 Å². The molecule has 0 unspecified atom stereocenters. The lowest BCUT2D eigenvalue weighted by molar-refractivity contribution is -0.124. The number of benzene rings is 1. The zero-order chi connectivity index (χ0) is 17.2. The summed E-state index contributed by atoms with van der Waals surface area (Å²) in [5, 5.41) is 2.77. The number of sulfonamides is 1. The SMILES string of the molecule is CN1CCN(S(=O)(=O)c2ccc(NC(=O)[C@@H]3CCCO3)cc2)CC1. The van der Waals surface area contributed by atoms with E-state index in [1.807, 2.05) is 7.05 Å². The Morgan fingerprint density at radius 3 is 2.42 bits per heavy atom. The van der Waals surface area contributed by atoms with Crippen molar-refractivity contribution >= 4 is 21.6 Å². The van der Waals surface area contributed by atoms with Gasteiger partial charge in [-0.15, -0.1) is 0 Å². The molecule has 2 fully saturated rings. The Hall–Kier alpha value is -1.48. The third-order valence-electron chi connectivity index (χ3n) is 4.44. The van der Waals surface area contributed by atoms with Gasteiger partial charge in [-0.3, -0.25) is 4.79 Å². The molecule has 0 aromatic heterocycles. The van der Waals surface area contributed by atoms with Crippen LogP contribution < -0.4 is 5.32 Å². The standard InChI is InChI=1S/C16H23N3O4S/c1-18-8-10-19(11-9-18)24(21,22)14-6-4-13(5-7-14)17-16(20)15-3-2-12-23-15/h4-7,15H,2-3,8-12H2,1H3,(H,17,20)/t15-/m0/s1. The van der Waals surface area contributed by atoms with Crippen LogP contribution in [0.5, 0.6) is 0 Å². The number of carbonyl (C=O) groups excluding carboxylic acids is 1. The van der Waals surface area contributed by atoms with Gasteiger partial charge in [0.25, 0.3) is 5.91 Å². The molecule has 2 aliphatic rings. The average Bonchev–Trinajstić information content (AvgIpc) is 3.10.